The Hall–Kier alpha value is -1.13. The normalized spacial score (nSPS) is 14.5. The summed E-state index contributed by atoms with van der Waals surface area (Å²) in [5, 5.41) is 0. The molecule has 108 valence electrons. The van der Waals surface area contributed by atoms with Gasteiger partial charge in [-0.1, -0.05) is 40.2 Å². The smallest absolute Gasteiger partial charge is 0.255 e. The first-order valence-corrected chi connectivity index (χ1v) is 8.55. The van der Waals surface area contributed by atoms with Gasteiger partial charge in [-0.15, -0.1) is 0 Å². The van der Waals surface area contributed by atoms with Crippen LogP contribution < -0.4 is 0 Å². The minimum absolute atomic E-state index is 0.0890. The Kier molecular flexibility index (Phi) is 4.45. The number of hydrogen-bond donors (Lipinski definition) is 0. The fraction of sp³-hybridized carbons (Fsp3) is 0.235. The fourth-order valence-corrected chi connectivity index (χ4v) is 3.92. The van der Waals surface area contributed by atoms with Crippen LogP contribution >= 0.6 is 31.9 Å². The Balaban J connectivity index is 1.88. The minimum atomic E-state index is 0.0890. The Labute approximate surface area is 141 Å². The zero-order valence-corrected chi connectivity index (χ0v) is 14.7. The molecule has 0 aliphatic carbocycles. The molecule has 1 aliphatic rings. The van der Waals surface area contributed by atoms with E-state index in [9.17, 15) is 4.79 Å². The Morgan fingerprint density at radius 2 is 1.81 bits per heavy atom. The van der Waals surface area contributed by atoms with Gasteiger partial charge in [0.25, 0.3) is 5.91 Å². The third-order valence-corrected chi connectivity index (χ3v) is 4.95. The molecule has 2 nitrogen and oxygen atoms in total. The van der Waals surface area contributed by atoms with Crippen LogP contribution in [0.1, 0.15) is 27.9 Å². The standard InChI is InChI=1S/C17H15Br2NO/c18-14-7-8-15(16(19)10-14)17(21)20-9-3-6-12-4-1-2-5-13(12)11-20/h1-2,4-5,7-8,10H,3,6,9,11H2. The highest BCUT2D eigenvalue weighted by atomic mass is 79.9. The molecule has 1 aliphatic heterocycles. The van der Waals surface area contributed by atoms with Crippen molar-refractivity contribution in [2.24, 2.45) is 0 Å². The maximum atomic E-state index is 12.8. The first-order chi connectivity index (χ1) is 10.1. The van der Waals surface area contributed by atoms with Crippen molar-refractivity contribution in [2.45, 2.75) is 19.4 Å². The van der Waals surface area contributed by atoms with Crippen LogP contribution in [0.4, 0.5) is 0 Å². The summed E-state index contributed by atoms with van der Waals surface area (Å²) in [6.45, 7) is 1.49. The van der Waals surface area contributed by atoms with Crippen LogP contribution in [0.3, 0.4) is 0 Å². The molecular weight excluding hydrogens is 394 g/mol. The fourth-order valence-electron chi connectivity index (χ4n) is 2.71. The largest absolute Gasteiger partial charge is 0.334 e. The monoisotopic (exact) mass is 407 g/mol. The number of carbonyl (C=O) groups is 1. The molecule has 0 fully saturated rings. The van der Waals surface area contributed by atoms with Crippen molar-refractivity contribution in [1.29, 1.82) is 0 Å². The molecule has 1 heterocycles. The van der Waals surface area contributed by atoms with Gasteiger partial charge in [-0.05, 0) is 58.1 Å². The molecule has 0 N–H and O–H groups in total. The first kappa shape index (κ1) is 14.8. The molecule has 1 amide bonds. The zero-order valence-electron chi connectivity index (χ0n) is 11.5. The van der Waals surface area contributed by atoms with Gasteiger partial charge in [-0.2, -0.15) is 0 Å². The molecule has 0 saturated heterocycles. The van der Waals surface area contributed by atoms with Gasteiger partial charge in [-0.3, -0.25) is 4.79 Å². The van der Waals surface area contributed by atoms with Gasteiger partial charge in [0, 0.05) is 22.0 Å². The zero-order chi connectivity index (χ0) is 14.8. The Morgan fingerprint density at radius 1 is 1.05 bits per heavy atom. The summed E-state index contributed by atoms with van der Waals surface area (Å²) < 4.78 is 1.80. The van der Waals surface area contributed by atoms with Gasteiger partial charge >= 0.3 is 0 Å². The summed E-state index contributed by atoms with van der Waals surface area (Å²) in [4.78, 5) is 14.7. The molecule has 0 aromatic heterocycles. The van der Waals surface area contributed by atoms with Crippen LogP contribution in [-0.4, -0.2) is 17.4 Å². The summed E-state index contributed by atoms with van der Waals surface area (Å²) in [5.74, 6) is 0.0890. The third-order valence-electron chi connectivity index (χ3n) is 3.80. The number of aryl methyl sites for hydroxylation is 1. The molecule has 0 radical (unpaired) electrons. The van der Waals surface area contributed by atoms with Gasteiger partial charge in [0.1, 0.15) is 0 Å². The molecule has 0 spiro atoms. The maximum Gasteiger partial charge on any atom is 0.255 e. The van der Waals surface area contributed by atoms with Crippen molar-refractivity contribution in [1.82, 2.24) is 4.90 Å². The van der Waals surface area contributed by atoms with E-state index >= 15 is 0 Å². The number of fused-ring (bicyclic) bond motifs is 1. The number of hydrogen-bond acceptors (Lipinski definition) is 1. The van der Waals surface area contributed by atoms with Crippen molar-refractivity contribution in [3.8, 4) is 0 Å². The number of benzene rings is 2. The Morgan fingerprint density at radius 3 is 2.57 bits per heavy atom. The lowest BCUT2D eigenvalue weighted by atomic mass is 10.0. The molecule has 4 heteroatoms. The Bertz CT molecular complexity index is 684. The van der Waals surface area contributed by atoms with Crippen LogP contribution in [0.2, 0.25) is 0 Å². The van der Waals surface area contributed by atoms with Gasteiger partial charge in [0.2, 0.25) is 0 Å². The molecular formula is C17H15Br2NO. The van der Waals surface area contributed by atoms with Crippen molar-refractivity contribution in [3.63, 3.8) is 0 Å². The second kappa shape index (κ2) is 6.32. The molecule has 0 bridgehead atoms. The third kappa shape index (κ3) is 3.22. The lowest BCUT2D eigenvalue weighted by Crippen LogP contribution is -2.30. The summed E-state index contributed by atoms with van der Waals surface area (Å²) in [7, 11) is 0. The second-order valence-electron chi connectivity index (χ2n) is 5.22. The van der Waals surface area contributed by atoms with Gasteiger partial charge < -0.3 is 4.90 Å². The lowest BCUT2D eigenvalue weighted by molar-refractivity contribution is 0.0745. The average molecular weight is 409 g/mol. The minimum Gasteiger partial charge on any atom is -0.334 e. The van der Waals surface area contributed by atoms with Crippen molar-refractivity contribution in [3.05, 3.63) is 68.1 Å². The molecule has 0 unspecified atom stereocenters. The summed E-state index contributed by atoms with van der Waals surface area (Å²) >= 11 is 6.91. The van der Waals surface area contributed by atoms with E-state index in [2.05, 4.69) is 50.1 Å². The number of halogens is 2. The van der Waals surface area contributed by atoms with Crippen LogP contribution in [0.15, 0.2) is 51.4 Å². The molecule has 2 aromatic carbocycles. The van der Waals surface area contributed by atoms with E-state index in [0.717, 1.165) is 33.9 Å². The maximum absolute atomic E-state index is 12.8. The van der Waals surface area contributed by atoms with E-state index in [0.29, 0.717) is 6.54 Å². The van der Waals surface area contributed by atoms with E-state index in [-0.39, 0.29) is 5.91 Å². The van der Waals surface area contributed by atoms with Crippen LogP contribution in [0, 0.1) is 0 Å². The van der Waals surface area contributed by atoms with Crippen LogP contribution in [-0.2, 0) is 13.0 Å². The summed E-state index contributed by atoms with van der Waals surface area (Å²) in [6.07, 6.45) is 2.05. The molecule has 0 atom stereocenters. The van der Waals surface area contributed by atoms with Crippen molar-refractivity contribution >= 4 is 37.8 Å². The average Bonchev–Trinajstić information content (AvgIpc) is 2.68. The van der Waals surface area contributed by atoms with E-state index in [1.165, 1.54) is 11.1 Å². The van der Waals surface area contributed by atoms with Crippen molar-refractivity contribution in [2.75, 3.05) is 6.54 Å². The lowest BCUT2D eigenvalue weighted by Gasteiger charge is -2.21. The summed E-state index contributed by atoms with van der Waals surface area (Å²) in [6, 6.07) is 14.1. The predicted octanol–water partition coefficient (Wildman–Crippen LogP) is 4.80. The number of carbonyl (C=O) groups excluding carboxylic acids is 1. The topological polar surface area (TPSA) is 20.3 Å². The predicted molar refractivity (Wildman–Crippen MR) is 91.3 cm³/mol. The molecule has 0 saturated carbocycles. The van der Waals surface area contributed by atoms with Crippen molar-refractivity contribution < 1.29 is 4.79 Å². The molecule has 21 heavy (non-hydrogen) atoms. The van der Waals surface area contributed by atoms with E-state index in [4.69, 9.17) is 0 Å². The second-order valence-corrected chi connectivity index (χ2v) is 6.99. The SMILES string of the molecule is O=C(c1ccc(Br)cc1Br)N1CCCc2ccccc2C1. The van der Waals surface area contributed by atoms with E-state index in [1.807, 2.05) is 29.2 Å². The highest BCUT2D eigenvalue weighted by molar-refractivity contribution is 9.11. The summed E-state index contributed by atoms with van der Waals surface area (Å²) in [5.41, 5.74) is 3.34. The van der Waals surface area contributed by atoms with Crippen LogP contribution in [0.5, 0.6) is 0 Å². The highest BCUT2D eigenvalue weighted by Gasteiger charge is 2.21. The van der Waals surface area contributed by atoms with Gasteiger partial charge in [-0.25, -0.2) is 0 Å². The first-order valence-electron chi connectivity index (χ1n) is 6.96. The quantitative estimate of drug-likeness (QED) is 0.663. The van der Waals surface area contributed by atoms with E-state index in [1.54, 1.807) is 0 Å². The van der Waals surface area contributed by atoms with Gasteiger partial charge in [0.05, 0.1) is 5.56 Å². The highest BCUT2D eigenvalue weighted by Crippen LogP contribution is 2.25. The number of nitrogens with zero attached hydrogens (tertiary/aromatic N) is 1. The molecule has 3 rings (SSSR count). The van der Waals surface area contributed by atoms with Gasteiger partial charge in [0.15, 0.2) is 0 Å². The van der Waals surface area contributed by atoms with Crippen LogP contribution in [0.25, 0.3) is 0 Å². The number of amides is 1. The van der Waals surface area contributed by atoms with E-state index < -0.39 is 0 Å². The number of rotatable bonds is 1. The molecule has 2 aromatic rings.